The molecule has 7 heteroatoms. The molecule has 0 aromatic rings. The highest BCUT2D eigenvalue weighted by Crippen LogP contribution is 2.23. The van der Waals surface area contributed by atoms with Crippen LogP contribution in [0.5, 0.6) is 0 Å². The summed E-state index contributed by atoms with van der Waals surface area (Å²) in [6.45, 7) is 1.99. The molecule has 22 heavy (non-hydrogen) atoms. The third kappa shape index (κ3) is 4.93. The second-order valence-corrected chi connectivity index (χ2v) is 8.53. The van der Waals surface area contributed by atoms with Crippen LogP contribution in [0.1, 0.15) is 57.8 Å². The smallest absolute Gasteiger partial charge is 0.239 e. The van der Waals surface area contributed by atoms with Gasteiger partial charge in [-0.15, -0.1) is 0 Å². The first-order valence-corrected chi connectivity index (χ1v) is 10.1. The number of nitrogens with one attached hydrogen (secondary N) is 1. The molecule has 1 saturated heterocycles. The van der Waals surface area contributed by atoms with Gasteiger partial charge in [-0.2, -0.15) is 0 Å². The van der Waals surface area contributed by atoms with E-state index in [1.807, 2.05) is 4.90 Å². The second kappa shape index (κ2) is 8.26. The molecule has 2 fully saturated rings. The molecule has 1 amide bonds. The molecule has 0 aromatic heterocycles. The normalized spacial score (nSPS) is 22.0. The molecule has 0 aromatic carbocycles. The summed E-state index contributed by atoms with van der Waals surface area (Å²) in [5.74, 6) is 0.00707. The van der Waals surface area contributed by atoms with E-state index in [1.54, 1.807) is 0 Å². The van der Waals surface area contributed by atoms with Crippen molar-refractivity contribution in [1.82, 2.24) is 9.62 Å². The summed E-state index contributed by atoms with van der Waals surface area (Å²) in [6.07, 6.45) is 7.92. The van der Waals surface area contributed by atoms with Gasteiger partial charge in [-0.25, -0.2) is 13.1 Å². The standard InChI is InChI=1S/C15H29N3O3S/c16-14(15(19)18-11-4-5-12-18)9-6-10-17-22(20,21)13-7-2-1-3-8-13/h13-14,17H,1-12,16H2. The molecule has 0 spiro atoms. The van der Waals surface area contributed by atoms with E-state index < -0.39 is 16.1 Å². The van der Waals surface area contributed by atoms with Gasteiger partial charge in [-0.3, -0.25) is 4.79 Å². The number of sulfonamides is 1. The van der Waals surface area contributed by atoms with Crippen LogP contribution in [0.4, 0.5) is 0 Å². The van der Waals surface area contributed by atoms with Crippen molar-refractivity contribution < 1.29 is 13.2 Å². The maximum Gasteiger partial charge on any atom is 0.239 e. The Hall–Kier alpha value is -0.660. The molecule has 128 valence electrons. The van der Waals surface area contributed by atoms with Crippen molar-refractivity contribution in [1.29, 1.82) is 0 Å². The van der Waals surface area contributed by atoms with E-state index in [9.17, 15) is 13.2 Å². The molecular formula is C15H29N3O3S. The number of hydrogen-bond acceptors (Lipinski definition) is 4. The first-order chi connectivity index (χ1) is 10.5. The minimum absolute atomic E-state index is 0.00707. The predicted molar refractivity (Wildman–Crippen MR) is 86.8 cm³/mol. The van der Waals surface area contributed by atoms with Gasteiger partial charge in [0.1, 0.15) is 0 Å². The quantitative estimate of drug-likeness (QED) is 0.680. The lowest BCUT2D eigenvalue weighted by molar-refractivity contribution is -0.131. The van der Waals surface area contributed by atoms with Gasteiger partial charge in [-0.05, 0) is 38.5 Å². The van der Waals surface area contributed by atoms with Gasteiger partial charge in [-0.1, -0.05) is 19.3 Å². The Kier molecular flexibility index (Phi) is 6.65. The number of nitrogens with two attached hydrogens (primary N) is 1. The molecular weight excluding hydrogens is 302 g/mol. The lowest BCUT2D eigenvalue weighted by Crippen LogP contribution is -2.43. The van der Waals surface area contributed by atoms with Gasteiger partial charge >= 0.3 is 0 Å². The Morgan fingerprint density at radius 1 is 1.14 bits per heavy atom. The number of hydrogen-bond donors (Lipinski definition) is 2. The monoisotopic (exact) mass is 331 g/mol. The number of carbonyl (C=O) groups excluding carboxylic acids is 1. The number of amides is 1. The molecule has 0 radical (unpaired) electrons. The topological polar surface area (TPSA) is 92.5 Å². The van der Waals surface area contributed by atoms with Crippen LogP contribution in [-0.2, 0) is 14.8 Å². The Morgan fingerprint density at radius 3 is 2.41 bits per heavy atom. The Labute approximate surface area is 133 Å². The Bertz CT molecular complexity index is 455. The molecule has 1 aliphatic heterocycles. The van der Waals surface area contributed by atoms with Gasteiger partial charge in [0.15, 0.2) is 0 Å². The van der Waals surface area contributed by atoms with Crippen molar-refractivity contribution in [2.75, 3.05) is 19.6 Å². The highest BCUT2D eigenvalue weighted by Gasteiger charge is 2.27. The number of rotatable bonds is 7. The molecule has 1 saturated carbocycles. The van der Waals surface area contributed by atoms with Gasteiger partial charge in [0.2, 0.25) is 15.9 Å². The van der Waals surface area contributed by atoms with Crippen molar-refractivity contribution in [2.45, 2.75) is 69.1 Å². The van der Waals surface area contributed by atoms with Crippen molar-refractivity contribution in [3.63, 3.8) is 0 Å². The zero-order valence-electron chi connectivity index (χ0n) is 13.3. The summed E-state index contributed by atoms with van der Waals surface area (Å²) >= 11 is 0. The van der Waals surface area contributed by atoms with E-state index in [0.717, 1.165) is 58.0 Å². The molecule has 2 rings (SSSR count). The van der Waals surface area contributed by atoms with E-state index in [4.69, 9.17) is 5.73 Å². The molecule has 0 bridgehead atoms. The van der Waals surface area contributed by atoms with Crippen LogP contribution in [0.3, 0.4) is 0 Å². The maximum atomic E-state index is 12.2. The van der Waals surface area contributed by atoms with Gasteiger partial charge in [0.05, 0.1) is 11.3 Å². The highest BCUT2D eigenvalue weighted by atomic mass is 32.2. The largest absolute Gasteiger partial charge is 0.341 e. The Balaban J connectivity index is 1.66. The van der Waals surface area contributed by atoms with Crippen LogP contribution in [0.25, 0.3) is 0 Å². The van der Waals surface area contributed by atoms with Crippen LogP contribution >= 0.6 is 0 Å². The third-order valence-corrected chi connectivity index (χ3v) is 6.68. The fourth-order valence-electron chi connectivity index (χ4n) is 3.33. The number of nitrogens with zero attached hydrogens (tertiary/aromatic N) is 1. The fourth-order valence-corrected chi connectivity index (χ4v) is 4.94. The predicted octanol–water partition coefficient (Wildman–Crippen LogP) is 0.968. The van der Waals surface area contributed by atoms with E-state index in [0.29, 0.717) is 19.4 Å². The second-order valence-electron chi connectivity index (χ2n) is 6.48. The summed E-state index contributed by atoms with van der Waals surface area (Å²) in [5, 5.41) is -0.235. The van der Waals surface area contributed by atoms with Crippen molar-refractivity contribution in [2.24, 2.45) is 5.73 Å². The first-order valence-electron chi connectivity index (χ1n) is 8.53. The zero-order chi connectivity index (χ0) is 16.0. The van der Waals surface area contributed by atoms with Gasteiger partial charge in [0, 0.05) is 19.6 Å². The van der Waals surface area contributed by atoms with Gasteiger partial charge < -0.3 is 10.6 Å². The number of likely N-dealkylation sites (tertiary alicyclic amines) is 1. The molecule has 2 aliphatic rings. The van der Waals surface area contributed by atoms with E-state index in [2.05, 4.69) is 4.72 Å². The molecule has 6 nitrogen and oxygen atoms in total. The minimum atomic E-state index is -3.20. The summed E-state index contributed by atoms with van der Waals surface area (Å²) < 4.78 is 27.0. The van der Waals surface area contributed by atoms with Crippen molar-refractivity contribution in [3.05, 3.63) is 0 Å². The SMILES string of the molecule is NC(CCCNS(=O)(=O)C1CCCCC1)C(=O)N1CCCC1. The average Bonchev–Trinajstić information content (AvgIpc) is 3.06. The molecule has 1 aliphatic carbocycles. The minimum Gasteiger partial charge on any atom is -0.341 e. The third-order valence-electron chi connectivity index (χ3n) is 4.72. The summed E-state index contributed by atoms with van der Waals surface area (Å²) in [5.41, 5.74) is 5.92. The average molecular weight is 331 g/mol. The van der Waals surface area contributed by atoms with E-state index in [1.165, 1.54) is 0 Å². The summed E-state index contributed by atoms with van der Waals surface area (Å²) in [7, 11) is -3.20. The van der Waals surface area contributed by atoms with Crippen LogP contribution in [-0.4, -0.2) is 50.2 Å². The van der Waals surface area contributed by atoms with E-state index >= 15 is 0 Å². The Morgan fingerprint density at radius 2 is 1.77 bits per heavy atom. The molecule has 1 heterocycles. The highest BCUT2D eigenvalue weighted by molar-refractivity contribution is 7.90. The lowest BCUT2D eigenvalue weighted by atomic mass is 10.0. The van der Waals surface area contributed by atoms with Crippen LogP contribution < -0.4 is 10.5 Å². The maximum absolute atomic E-state index is 12.2. The van der Waals surface area contributed by atoms with Gasteiger partial charge in [0.25, 0.3) is 0 Å². The number of carbonyl (C=O) groups is 1. The molecule has 1 atom stereocenters. The molecule has 3 N–H and O–H groups in total. The van der Waals surface area contributed by atoms with Crippen LogP contribution in [0.15, 0.2) is 0 Å². The lowest BCUT2D eigenvalue weighted by Gasteiger charge is -2.22. The van der Waals surface area contributed by atoms with E-state index in [-0.39, 0.29) is 11.2 Å². The molecule has 1 unspecified atom stereocenters. The first kappa shape index (κ1) is 17.7. The van der Waals surface area contributed by atoms with Crippen molar-refractivity contribution in [3.8, 4) is 0 Å². The summed E-state index contributed by atoms with van der Waals surface area (Å²) in [6, 6.07) is -0.503. The van der Waals surface area contributed by atoms with Crippen LogP contribution in [0, 0.1) is 0 Å². The fraction of sp³-hybridized carbons (Fsp3) is 0.933. The summed E-state index contributed by atoms with van der Waals surface area (Å²) in [4.78, 5) is 13.9. The van der Waals surface area contributed by atoms with Crippen LogP contribution in [0.2, 0.25) is 0 Å². The van der Waals surface area contributed by atoms with Crippen molar-refractivity contribution >= 4 is 15.9 Å². The zero-order valence-corrected chi connectivity index (χ0v) is 14.1.